The van der Waals surface area contributed by atoms with Crippen molar-refractivity contribution in [2.45, 2.75) is 63.6 Å². The van der Waals surface area contributed by atoms with E-state index in [9.17, 15) is 9.90 Å². The quantitative estimate of drug-likeness (QED) is 0.800. The van der Waals surface area contributed by atoms with Crippen LogP contribution in [0.25, 0.3) is 5.82 Å². The van der Waals surface area contributed by atoms with Gasteiger partial charge in [0.1, 0.15) is 5.56 Å². The molecule has 3 aliphatic rings. The van der Waals surface area contributed by atoms with Gasteiger partial charge in [-0.3, -0.25) is 4.79 Å². The summed E-state index contributed by atoms with van der Waals surface area (Å²) >= 11 is 0. The molecular formula is C21H27N5O2. The van der Waals surface area contributed by atoms with Crippen LogP contribution in [0.5, 0.6) is 0 Å². The number of hydrogen-bond acceptors (Lipinski definition) is 4. The van der Waals surface area contributed by atoms with Crippen LogP contribution in [0.2, 0.25) is 0 Å². The summed E-state index contributed by atoms with van der Waals surface area (Å²) in [7, 11) is 0. The third-order valence-corrected chi connectivity index (χ3v) is 6.59. The number of hydrogen-bond donors (Lipinski definition) is 2. The van der Waals surface area contributed by atoms with Gasteiger partial charge in [-0.2, -0.15) is 10.2 Å². The second-order valence-corrected chi connectivity index (χ2v) is 9.59. The third-order valence-electron chi connectivity index (χ3n) is 6.59. The van der Waals surface area contributed by atoms with Crippen LogP contribution in [0.4, 0.5) is 0 Å². The predicted octanol–water partition coefficient (Wildman–Crippen LogP) is 2.41. The number of carbonyl (C=O) groups excluding carboxylic acids is 1. The van der Waals surface area contributed by atoms with Gasteiger partial charge in [-0.05, 0) is 64.4 Å². The molecule has 7 nitrogen and oxygen atoms in total. The van der Waals surface area contributed by atoms with Crippen LogP contribution in [0.1, 0.15) is 56.8 Å². The molecule has 4 atom stereocenters. The van der Waals surface area contributed by atoms with Gasteiger partial charge in [0, 0.05) is 18.4 Å². The monoisotopic (exact) mass is 381 g/mol. The Balaban J connectivity index is 1.45. The molecule has 2 N–H and O–H groups in total. The van der Waals surface area contributed by atoms with Crippen LogP contribution in [0, 0.1) is 11.8 Å². The minimum atomic E-state index is -0.570. The van der Waals surface area contributed by atoms with Crippen molar-refractivity contribution < 1.29 is 9.90 Å². The Kier molecular flexibility index (Phi) is 3.66. The molecule has 0 saturated heterocycles. The van der Waals surface area contributed by atoms with Gasteiger partial charge < -0.3 is 10.4 Å². The van der Waals surface area contributed by atoms with Gasteiger partial charge in [-0.1, -0.05) is 11.6 Å². The second kappa shape index (κ2) is 5.80. The molecule has 2 saturated carbocycles. The van der Waals surface area contributed by atoms with E-state index >= 15 is 0 Å². The summed E-state index contributed by atoms with van der Waals surface area (Å²) in [4.78, 5) is 13.2. The maximum absolute atomic E-state index is 13.2. The molecule has 0 radical (unpaired) electrons. The number of amides is 1. The molecule has 2 fully saturated rings. The summed E-state index contributed by atoms with van der Waals surface area (Å²) in [5.74, 6) is 1.30. The summed E-state index contributed by atoms with van der Waals surface area (Å²) < 4.78 is 3.54. The Bertz CT molecular complexity index is 952. The van der Waals surface area contributed by atoms with Crippen molar-refractivity contribution in [1.82, 2.24) is 24.9 Å². The number of nitrogens with zero attached hydrogens (tertiary/aromatic N) is 4. The topological polar surface area (TPSA) is 85.0 Å². The molecule has 2 unspecified atom stereocenters. The van der Waals surface area contributed by atoms with Gasteiger partial charge in [0.2, 0.25) is 0 Å². The lowest BCUT2D eigenvalue weighted by molar-refractivity contribution is 0.0378. The first-order chi connectivity index (χ1) is 13.3. The van der Waals surface area contributed by atoms with Crippen LogP contribution < -0.4 is 5.32 Å². The molecular weight excluding hydrogens is 354 g/mol. The molecule has 7 heteroatoms. The molecule has 148 valence electrons. The van der Waals surface area contributed by atoms with Gasteiger partial charge in [0.05, 0.1) is 17.3 Å². The van der Waals surface area contributed by atoms with Crippen molar-refractivity contribution in [3.8, 4) is 5.82 Å². The predicted molar refractivity (Wildman–Crippen MR) is 104 cm³/mol. The fourth-order valence-corrected chi connectivity index (χ4v) is 5.34. The summed E-state index contributed by atoms with van der Waals surface area (Å²) in [6.07, 6.45) is 10.6. The highest BCUT2D eigenvalue weighted by atomic mass is 16.3. The summed E-state index contributed by atoms with van der Waals surface area (Å²) in [6.45, 7) is 6.16. The number of aliphatic hydroxyl groups is 1. The second-order valence-electron chi connectivity index (χ2n) is 9.59. The van der Waals surface area contributed by atoms with Crippen LogP contribution in [-0.4, -0.2) is 42.2 Å². The van der Waals surface area contributed by atoms with Crippen LogP contribution in [0.3, 0.4) is 0 Å². The van der Waals surface area contributed by atoms with Crippen molar-refractivity contribution in [3.63, 3.8) is 0 Å². The van der Waals surface area contributed by atoms with Crippen LogP contribution in [0.15, 0.2) is 36.3 Å². The van der Waals surface area contributed by atoms with E-state index in [1.807, 2.05) is 16.9 Å². The molecule has 2 aromatic heterocycles. The fraction of sp³-hybridized carbons (Fsp3) is 0.571. The molecule has 5 rings (SSSR count). The smallest absolute Gasteiger partial charge is 0.256 e. The molecule has 1 amide bonds. The Morgan fingerprint density at radius 2 is 2.14 bits per heavy atom. The van der Waals surface area contributed by atoms with Crippen molar-refractivity contribution in [2.75, 3.05) is 0 Å². The van der Waals surface area contributed by atoms with Crippen molar-refractivity contribution in [3.05, 3.63) is 41.9 Å². The molecule has 0 spiro atoms. The van der Waals surface area contributed by atoms with Crippen LogP contribution in [-0.2, 0) is 5.54 Å². The first kappa shape index (κ1) is 17.7. The molecule has 28 heavy (non-hydrogen) atoms. The van der Waals surface area contributed by atoms with E-state index in [1.165, 1.54) is 5.57 Å². The zero-order chi connectivity index (χ0) is 19.7. The number of rotatable bonds is 3. The number of aromatic nitrogens is 4. The SMILES string of the molecule is CC(C)(C)n1ncc(C(=O)N[C@H]2CC3=CC[C@]4(O)CC3C2C4)c1-n1cccn1. The number of nitrogens with one attached hydrogen (secondary N) is 1. The summed E-state index contributed by atoms with van der Waals surface area (Å²) in [5.41, 5.74) is 1.09. The maximum Gasteiger partial charge on any atom is 0.256 e. The normalized spacial score (nSPS) is 31.1. The third kappa shape index (κ3) is 2.64. The number of fused-ring (bicyclic) bond motifs is 1. The zero-order valence-electron chi connectivity index (χ0n) is 16.6. The average molecular weight is 381 g/mol. The Morgan fingerprint density at radius 1 is 1.32 bits per heavy atom. The maximum atomic E-state index is 13.2. The lowest BCUT2D eigenvalue weighted by Gasteiger charge is -2.28. The molecule has 2 bridgehead atoms. The average Bonchev–Trinajstić information content (AvgIpc) is 3.34. The molecule has 0 aliphatic heterocycles. The van der Waals surface area contributed by atoms with Gasteiger partial charge in [-0.15, -0.1) is 0 Å². The largest absolute Gasteiger partial charge is 0.390 e. The number of carbonyl (C=O) groups is 1. The summed E-state index contributed by atoms with van der Waals surface area (Å²) in [6, 6.07) is 1.91. The highest BCUT2D eigenvalue weighted by Crippen LogP contribution is 2.55. The molecule has 3 aliphatic carbocycles. The highest BCUT2D eigenvalue weighted by molar-refractivity contribution is 5.97. The Morgan fingerprint density at radius 3 is 2.86 bits per heavy atom. The van der Waals surface area contributed by atoms with Crippen molar-refractivity contribution in [1.29, 1.82) is 0 Å². The lowest BCUT2D eigenvalue weighted by Crippen LogP contribution is -2.39. The van der Waals surface area contributed by atoms with E-state index in [4.69, 9.17) is 0 Å². The zero-order valence-corrected chi connectivity index (χ0v) is 16.6. The van der Waals surface area contributed by atoms with Gasteiger partial charge in [0.25, 0.3) is 5.91 Å². The molecule has 0 aromatic carbocycles. The Hall–Kier alpha value is -2.41. The highest BCUT2D eigenvalue weighted by Gasteiger charge is 2.54. The van der Waals surface area contributed by atoms with Crippen molar-refractivity contribution >= 4 is 5.91 Å². The van der Waals surface area contributed by atoms with E-state index in [0.717, 1.165) is 25.7 Å². The minimum Gasteiger partial charge on any atom is -0.390 e. The minimum absolute atomic E-state index is 0.0709. The van der Waals surface area contributed by atoms with E-state index in [1.54, 1.807) is 17.1 Å². The Labute approximate surface area is 164 Å². The standard InChI is InChI=1S/C21H27N5O2/c1-20(2,3)26-19(25-8-4-7-22-25)16(12-23-26)18(27)24-17-9-13-5-6-21(28)10-14(13)15(17)11-21/h4-5,7-8,12,14-15,17,28H,6,9-11H2,1-3H3,(H,24,27)/t14?,15?,17-,21-/m0/s1. The van der Waals surface area contributed by atoms with E-state index < -0.39 is 5.60 Å². The van der Waals surface area contributed by atoms with Crippen molar-refractivity contribution in [2.24, 2.45) is 11.8 Å². The lowest BCUT2D eigenvalue weighted by atomic mass is 9.86. The summed E-state index contributed by atoms with van der Waals surface area (Å²) in [5, 5.41) is 22.8. The van der Waals surface area contributed by atoms with Gasteiger partial charge in [-0.25, -0.2) is 9.36 Å². The first-order valence-corrected chi connectivity index (χ1v) is 10.1. The van der Waals surface area contributed by atoms with Gasteiger partial charge in [0.15, 0.2) is 5.82 Å². The van der Waals surface area contributed by atoms with Gasteiger partial charge >= 0.3 is 0 Å². The van der Waals surface area contributed by atoms with Crippen LogP contribution >= 0.6 is 0 Å². The van der Waals surface area contributed by atoms with E-state index in [-0.39, 0.29) is 17.5 Å². The fourth-order valence-electron chi connectivity index (χ4n) is 5.34. The molecule has 2 heterocycles. The molecule has 2 aromatic rings. The van der Waals surface area contributed by atoms with E-state index in [0.29, 0.717) is 23.2 Å². The first-order valence-electron chi connectivity index (χ1n) is 10.1. The van der Waals surface area contributed by atoms with E-state index in [2.05, 4.69) is 42.4 Å².